The Balaban J connectivity index is -0.000000148. The van der Waals surface area contributed by atoms with E-state index in [0.29, 0.717) is 22.4 Å². The van der Waals surface area contributed by atoms with Crippen molar-refractivity contribution in [1.29, 1.82) is 0 Å². The van der Waals surface area contributed by atoms with Crippen molar-refractivity contribution in [1.82, 2.24) is 0 Å². The average Bonchev–Trinajstić information content (AvgIpc) is 4.13. The zero-order valence-corrected chi connectivity index (χ0v) is 31.9. The van der Waals surface area contributed by atoms with Crippen LogP contribution in [-0.4, -0.2) is 36.0 Å². The van der Waals surface area contributed by atoms with Gasteiger partial charge in [0.1, 0.15) is 0 Å². The summed E-state index contributed by atoms with van der Waals surface area (Å²) in [4.78, 5) is 24.0. The van der Waals surface area contributed by atoms with E-state index in [1.807, 2.05) is 6.08 Å². The topological polar surface area (TPSA) is 52.6 Å². The molecule has 9 fully saturated rings. The lowest BCUT2D eigenvalue weighted by Gasteiger charge is -2.60. The molecule has 13 rings (SSSR count). The van der Waals surface area contributed by atoms with E-state index in [0.717, 1.165) is 122 Å². The third-order valence-corrected chi connectivity index (χ3v) is 19.8. The largest absolute Gasteiger partial charge is 0.366 e. The molecule has 0 saturated heterocycles. The van der Waals surface area contributed by atoms with Gasteiger partial charge in [0.15, 0.2) is 11.6 Å². The van der Waals surface area contributed by atoms with Gasteiger partial charge in [-0.3, -0.25) is 9.59 Å². The maximum atomic E-state index is 12.2. The molecule has 17 atom stereocenters. The Morgan fingerprint density at radius 1 is 0.493 bits per heavy atom. The van der Waals surface area contributed by atoms with E-state index in [-0.39, 0.29) is 152 Å². The lowest BCUT2D eigenvalue weighted by atomic mass is 9.45. The van der Waals surface area contributed by atoms with E-state index in [9.17, 15) is 9.59 Å². The molecule has 4 heteroatoms. The lowest BCUT2D eigenvalue weighted by molar-refractivity contribution is -0.153. The van der Waals surface area contributed by atoms with Crippen molar-refractivity contribution in [3.8, 4) is 0 Å². The van der Waals surface area contributed by atoms with Gasteiger partial charge in [0, 0.05) is 23.7 Å². The van der Waals surface area contributed by atoms with Crippen molar-refractivity contribution in [3.63, 3.8) is 0 Å². The van der Waals surface area contributed by atoms with Gasteiger partial charge in [-0.1, -0.05) is 190 Å². The molecule has 0 N–H and O–H groups in total. The van der Waals surface area contributed by atoms with E-state index >= 15 is 0 Å². The molecule has 13 aliphatic rings. The molecule has 0 bridgehead atoms. The van der Waals surface area contributed by atoms with E-state index in [1.165, 1.54) is 82.6 Å². The number of fused-ring (bicyclic) bond motifs is 18. The summed E-state index contributed by atoms with van der Waals surface area (Å²) in [6.07, 6.45) is 33.8. The molecular formula is C67H138O4. The number of carbonyl (C=O) groups is 2. The van der Waals surface area contributed by atoms with Gasteiger partial charge in [-0.05, 0) is 185 Å². The van der Waals surface area contributed by atoms with Crippen LogP contribution in [0.3, 0.4) is 0 Å². The number of ether oxygens (including phenoxy) is 2. The predicted octanol–water partition coefficient (Wildman–Crippen LogP) is 21.7. The summed E-state index contributed by atoms with van der Waals surface area (Å²) in [5.41, 5.74) is 3.98. The van der Waals surface area contributed by atoms with Gasteiger partial charge >= 0.3 is 0 Å². The van der Waals surface area contributed by atoms with Crippen molar-refractivity contribution in [2.45, 2.75) is 269 Å². The smallest absolute Gasteiger partial charge is 0.155 e. The highest BCUT2D eigenvalue weighted by molar-refractivity contribution is 5.91. The Kier molecular flexibility index (Phi) is 35.7. The molecule has 0 aromatic heterocycles. The van der Waals surface area contributed by atoms with Gasteiger partial charge in [0.25, 0.3) is 0 Å². The minimum Gasteiger partial charge on any atom is -0.366 e. The fourth-order valence-electron chi connectivity index (χ4n) is 18.0. The first-order chi connectivity index (χ1) is 25.3. The summed E-state index contributed by atoms with van der Waals surface area (Å²) >= 11 is 0. The Morgan fingerprint density at radius 3 is 1.48 bits per heavy atom. The third kappa shape index (κ3) is 11.2. The first kappa shape index (κ1) is 86.0. The van der Waals surface area contributed by atoms with Gasteiger partial charge in [-0.25, -0.2) is 0 Å². The molecule has 0 amide bonds. The Hall–Kier alpha value is -1.78. The van der Waals surface area contributed by atoms with E-state index in [1.54, 1.807) is 5.57 Å². The summed E-state index contributed by atoms with van der Waals surface area (Å²) in [5.74, 6) is 12.7. The molecule has 2 aliphatic heterocycles. The number of hydrogen-bond donors (Lipinski definition) is 0. The molecule has 0 aromatic carbocycles. The highest BCUT2D eigenvalue weighted by Gasteiger charge is 2.79. The lowest BCUT2D eigenvalue weighted by Crippen LogP contribution is -2.57. The molecule has 0 radical (unpaired) electrons. The summed E-state index contributed by atoms with van der Waals surface area (Å²) in [5, 5.41) is 0. The molecule has 2 spiro atoms. The molecule has 2 heterocycles. The Morgan fingerprint density at radius 2 is 0.972 bits per heavy atom. The summed E-state index contributed by atoms with van der Waals surface area (Å²) in [7, 11) is 0. The van der Waals surface area contributed by atoms with Crippen molar-refractivity contribution in [3.05, 3.63) is 47.6 Å². The van der Waals surface area contributed by atoms with Crippen LogP contribution in [0.1, 0.15) is 258 Å². The van der Waals surface area contributed by atoms with Crippen LogP contribution in [0.4, 0.5) is 0 Å². The minimum atomic E-state index is 0. The zero-order chi connectivity index (χ0) is 34.8. The molecule has 0 unspecified atom stereocenters. The number of rotatable bonds is 2. The highest BCUT2D eigenvalue weighted by atomic mass is 16.5. The summed E-state index contributed by atoms with van der Waals surface area (Å²) in [6, 6.07) is 0. The monoisotopic (exact) mass is 1010 g/mol. The maximum absolute atomic E-state index is 12.2. The van der Waals surface area contributed by atoms with Gasteiger partial charge < -0.3 is 9.47 Å². The van der Waals surface area contributed by atoms with Crippen LogP contribution < -0.4 is 0 Å². The predicted molar refractivity (Wildman–Crippen MR) is 329 cm³/mol. The molecule has 0 aromatic rings. The summed E-state index contributed by atoms with van der Waals surface area (Å²) < 4.78 is 13.1. The number of hydrogen-bond acceptors (Lipinski definition) is 4. The standard InChI is InChI=1S/C26H34O2.C22H28O2.19CH4/c1-2-25-10-8-19-18-7-6-17(27)12-16(18)13-20(15-4-5-15)23(19)24(25)21-14-22(21)26(25)9-3-11-28-26;1-21-9-7-16-15-6-4-14(23)11-13(15)3-5-17(16)20(21)18-12-19(18)22(21)8-2-10-24-22;;;;;;;;;;;;;;;;;;;/h3,9,12,15,18-24H,2,4-8,10-11,13-14H2,1H3;2,8,11,15-20H,3-7,9-10,12H2,1H3;19*1H4/t18-,19+,20-,21+,22-,23-,24-,25-,26-;15-,16+,17+,18+,19-,20+,21-,22-;;;;;;;;;;;;;;;;;;;/m00.................../s1. The maximum Gasteiger partial charge on any atom is 0.155 e. The molecule has 9 saturated carbocycles. The third-order valence-electron chi connectivity index (χ3n) is 19.8. The van der Waals surface area contributed by atoms with Crippen LogP contribution in [-0.2, 0) is 19.1 Å². The van der Waals surface area contributed by atoms with Crippen molar-refractivity contribution < 1.29 is 19.1 Å². The molecule has 11 aliphatic carbocycles. The van der Waals surface area contributed by atoms with Gasteiger partial charge in [-0.15, -0.1) is 0 Å². The summed E-state index contributed by atoms with van der Waals surface area (Å²) in [6.45, 7) is 6.70. The van der Waals surface area contributed by atoms with Gasteiger partial charge in [0.2, 0.25) is 0 Å². The first-order valence-corrected chi connectivity index (χ1v) is 22.4. The van der Waals surface area contributed by atoms with Crippen molar-refractivity contribution in [2.24, 2.45) is 93.7 Å². The van der Waals surface area contributed by atoms with Crippen molar-refractivity contribution in [2.75, 3.05) is 13.2 Å². The van der Waals surface area contributed by atoms with Crippen LogP contribution in [0.15, 0.2) is 47.6 Å². The second kappa shape index (κ2) is 29.5. The number of ketones is 2. The quantitative estimate of drug-likeness (QED) is 0.259. The molecule has 430 valence electrons. The van der Waals surface area contributed by atoms with Crippen LogP contribution in [0, 0.1) is 93.7 Å². The van der Waals surface area contributed by atoms with Crippen LogP contribution in [0.2, 0.25) is 0 Å². The normalized spacial score (nSPS) is 41.5. The zero-order valence-electron chi connectivity index (χ0n) is 31.9. The molecular weight excluding hydrogens is 869 g/mol. The molecule has 71 heavy (non-hydrogen) atoms. The van der Waals surface area contributed by atoms with Crippen LogP contribution in [0.25, 0.3) is 0 Å². The second-order valence-corrected chi connectivity index (χ2v) is 21.1. The Bertz CT molecular complexity index is 1710. The van der Waals surface area contributed by atoms with Crippen LogP contribution in [0.5, 0.6) is 0 Å². The molecule has 4 nitrogen and oxygen atoms in total. The fraction of sp³-hybridized carbons (Fsp3) is 0.851. The van der Waals surface area contributed by atoms with Crippen molar-refractivity contribution >= 4 is 11.6 Å². The SMILES string of the molecule is C.C.C.C.C.C.C.C.C.C.C.C.C.C.C.C.C.C.C.CC[C@]12CC[C@H]3[C@H]([C@@H]1[C@@H]1C[C@@H]1[C@@]21C=CCO1)[C@H](C1CC1)CC1=CC(=O)CC[C@@H]13.C[C@]12CC[C@H]3[C@@H](CCC4=CC(=O)CC[C@@H]43)[C@@H]1[C@@H]1C[C@@H]1[C@@]21C=CCO1. The minimum absolute atomic E-state index is 0. The number of carbonyl (C=O) groups excluding carboxylic acids is 2. The fourth-order valence-corrected chi connectivity index (χ4v) is 18.0. The average molecular weight is 1010 g/mol. The number of allylic oxidation sites excluding steroid dienone is 2. The van der Waals surface area contributed by atoms with E-state index in [2.05, 4.69) is 44.2 Å². The van der Waals surface area contributed by atoms with E-state index < -0.39 is 0 Å². The highest BCUT2D eigenvalue weighted by Crippen LogP contribution is 2.80. The second-order valence-electron chi connectivity index (χ2n) is 21.1. The van der Waals surface area contributed by atoms with E-state index in [4.69, 9.17) is 9.47 Å². The first-order valence-electron chi connectivity index (χ1n) is 22.4. The van der Waals surface area contributed by atoms with Crippen LogP contribution >= 0.6 is 0 Å². The van der Waals surface area contributed by atoms with Gasteiger partial charge in [-0.2, -0.15) is 0 Å². The van der Waals surface area contributed by atoms with Gasteiger partial charge in [0.05, 0.1) is 24.4 Å². The Labute approximate surface area is 452 Å².